The first-order chi connectivity index (χ1) is 17.4. The molecule has 0 bridgehead atoms. The number of hydrogen-bond donors (Lipinski definition) is 8. The highest BCUT2D eigenvalue weighted by molar-refractivity contribution is 5.94. The number of aliphatic carboxylic acids is 2. The molecule has 3 atom stereocenters. The van der Waals surface area contributed by atoms with Crippen LogP contribution in [-0.4, -0.2) is 74.8 Å². The Morgan fingerprint density at radius 1 is 0.730 bits per heavy atom. The van der Waals surface area contributed by atoms with Gasteiger partial charge in [0.1, 0.15) is 23.6 Å². The number of hydrogen-bond acceptors (Lipinski definition) is 8. The van der Waals surface area contributed by atoms with Crippen molar-refractivity contribution in [3.05, 3.63) is 59.7 Å². The fourth-order valence-corrected chi connectivity index (χ4v) is 3.25. The number of amides is 3. The Bertz CT molecular complexity index is 1120. The summed E-state index contributed by atoms with van der Waals surface area (Å²) >= 11 is 0. The molecule has 0 aliphatic carbocycles. The van der Waals surface area contributed by atoms with Crippen LogP contribution < -0.4 is 21.7 Å². The van der Waals surface area contributed by atoms with Gasteiger partial charge in [-0.2, -0.15) is 0 Å². The molecule has 37 heavy (non-hydrogen) atoms. The number of phenolic OH excluding ortho intramolecular Hbond substituents is 2. The Labute approximate surface area is 211 Å². The summed E-state index contributed by atoms with van der Waals surface area (Å²) in [7, 11) is 0. The lowest BCUT2D eigenvalue weighted by Gasteiger charge is -2.21. The maximum absolute atomic E-state index is 12.6. The molecule has 0 saturated heterocycles. The third-order valence-electron chi connectivity index (χ3n) is 5.17. The van der Waals surface area contributed by atoms with Crippen LogP contribution in [0.15, 0.2) is 48.5 Å². The summed E-state index contributed by atoms with van der Waals surface area (Å²) in [6, 6.07) is 7.55. The van der Waals surface area contributed by atoms with E-state index in [2.05, 4.69) is 16.0 Å². The molecule has 0 saturated carbocycles. The molecule has 0 fully saturated rings. The van der Waals surface area contributed by atoms with Gasteiger partial charge in [0.05, 0.1) is 19.0 Å². The van der Waals surface area contributed by atoms with Crippen LogP contribution in [-0.2, 0) is 36.8 Å². The first-order valence-corrected chi connectivity index (χ1v) is 11.1. The summed E-state index contributed by atoms with van der Waals surface area (Å²) in [6.45, 7) is -0.610. The Balaban J connectivity index is 1.94. The van der Waals surface area contributed by atoms with Crippen LogP contribution >= 0.6 is 0 Å². The van der Waals surface area contributed by atoms with Crippen molar-refractivity contribution in [2.24, 2.45) is 5.73 Å². The summed E-state index contributed by atoms with van der Waals surface area (Å²) < 4.78 is 0. The number of phenols is 2. The van der Waals surface area contributed by atoms with Gasteiger partial charge in [0.25, 0.3) is 0 Å². The lowest BCUT2D eigenvalue weighted by molar-refractivity contribution is -0.143. The van der Waals surface area contributed by atoms with Gasteiger partial charge in [-0.1, -0.05) is 24.3 Å². The van der Waals surface area contributed by atoms with Gasteiger partial charge in [0.15, 0.2) is 0 Å². The number of aromatic hydroxyl groups is 2. The van der Waals surface area contributed by atoms with Gasteiger partial charge in [0, 0.05) is 6.42 Å². The molecular formula is C24H28N4O9. The molecule has 2 aromatic carbocycles. The smallest absolute Gasteiger partial charge is 0.326 e. The van der Waals surface area contributed by atoms with E-state index in [0.29, 0.717) is 11.1 Å². The molecule has 0 unspecified atom stereocenters. The minimum Gasteiger partial charge on any atom is -0.508 e. The lowest BCUT2D eigenvalue weighted by atomic mass is 10.0. The zero-order valence-electron chi connectivity index (χ0n) is 19.6. The van der Waals surface area contributed by atoms with Crippen molar-refractivity contribution < 1.29 is 44.4 Å². The number of carbonyl (C=O) groups excluding carboxylic acids is 3. The van der Waals surface area contributed by atoms with E-state index in [1.807, 2.05) is 0 Å². The standard InChI is InChI=1S/C24H28N4O9/c25-17(9-13-1-5-15(29)6-2-13)22(34)26-12-20(31)27-18(11-21(32)33)23(35)28-19(24(36)37)10-14-3-7-16(30)8-4-14/h1-8,17-19,29-30H,9-12,25H2,(H,26,34)(H,27,31)(H,28,35)(H,32,33)(H,36,37)/t17-,18+,19+/m1/s1. The largest absolute Gasteiger partial charge is 0.508 e. The quantitative estimate of drug-likeness (QED) is 0.159. The number of nitrogens with two attached hydrogens (primary N) is 1. The SMILES string of the molecule is N[C@H](Cc1ccc(O)cc1)C(=O)NCC(=O)N[C@@H](CC(=O)O)C(=O)N[C@@H](Cc1ccc(O)cc1)C(=O)O. The molecular weight excluding hydrogens is 488 g/mol. The van der Waals surface area contributed by atoms with E-state index < -0.39 is 60.8 Å². The first kappa shape index (κ1) is 28.6. The summed E-state index contributed by atoms with van der Waals surface area (Å²) in [5, 5.41) is 43.9. The predicted molar refractivity (Wildman–Crippen MR) is 128 cm³/mol. The second kappa shape index (κ2) is 13.4. The van der Waals surface area contributed by atoms with Gasteiger partial charge < -0.3 is 42.1 Å². The van der Waals surface area contributed by atoms with E-state index in [1.54, 1.807) is 12.1 Å². The minimum atomic E-state index is -1.62. The summed E-state index contributed by atoms with van der Waals surface area (Å²) in [6.07, 6.45) is -0.878. The van der Waals surface area contributed by atoms with Gasteiger partial charge in [-0.05, 0) is 41.8 Å². The number of carbonyl (C=O) groups is 5. The van der Waals surface area contributed by atoms with Crippen molar-refractivity contribution in [1.82, 2.24) is 16.0 Å². The number of carboxylic acid groups (broad SMARTS) is 2. The molecule has 13 heteroatoms. The Hall–Kier alpha value is -4.65. The van der Waals surface area contributed by atoms with Gasteiger partial charge in [-0.15, -0.1) is 0 Å². The van der Waals surface area contributed by atoms with E-state index >= 15 is 0 Å². The average molecular weight is 517 g/mol. The monoisotopic (exact) mass is 516 g/mol. The van der Waals surface area contributed by atoms with E-state index in [4.69, 9.17) is 10.8 Å². The second-order valence-electron chi connectivity index (χ2n) is 8.18. The molecule has 13 nitrogen and oxygen atoms in total. The zero-order valence-corrected chi connectivity index (χ0v) is 19.6. The highest BCUT2D eigenvalue weighted by atomic mass is 16.4. The summed E-state index contributed by atoms with van der Waals surface area (Å²) in [4.78, 5) is 60.0. The topological polar surface area (TPSA) is 228 Å². The number of carboxylic acids is 2. The van der Waals surface area contributed by atoms with Crippen molar-refractivity contribution in [3.8, 4) is 11.5 Å². The van der Waals surface area contributed by atoms with E-state index in [-0.39, 0.29) is 24.3 Å². The number of nitrogens with one attached hydrogen (secondary N) is 3. The predicted octanol–water partition coefficient (Wildman–Crippen LogP) is -1.14. The van der Waals surface area contributed by atoms with Crippen LogP contribution in [0, 0.1) is 0 Å². The fourth-order valence-electron chi connectivity index (χ4n) is 3.25. The highest BCUT2D eigenvalue weighted by Gasteiger charge is 2.28. The van der Waals surface area contributed by atoms with E-state index in [1.165, 1.54) is 36.4 Å². The molecule has 198 valence electrons. The maximum Gasteiger partial charge on any atom is 0.326 e. The molecule has 9 N–H and O–H groups in total. The second-order valence-corrected chi connectivity index (χ2v) is 8.18. The van der Waals surface area contributed by atoms with E-state index in [9.17, 15) is 39.3 Å². The van der Waals surface area contributed by atoms with Crippen LogP contribution in [0.1, 0.15) is 17.5 Å². The van der Waals surface area contributed by atoms with Crippen molar-refractivity contribution in [1.29, 1.82) is 0 Å². The van der Waals surface area contributed by atoms with Crippen molar-refractivity contribution in [3.63, 3.8) is 0 Å². The minimum absolute atomic E-state index is 0.0303. The maximum atomic E-state index is 12.6. The third kappa shape index (κ3) is 9.85. The molecule has 3 amide bonds. The average Bonchev–Trinajstić information content (AvgIpc) is 2.83. The van der Waals surface area contributed by atoms with Crippen LogP contribution in [0.5, 0.6) is 11.5 Å². The van der Waals surface area contributed by atoms with Crippen molar-refractivity contribution in [2.45, 2.75) is 37.4 Å². The van der Waals surface area contributed by atoms with Crippen LogP contribution in [0.25, 0.3) is 0 Å². The zero-order chi connectivity index (χ0) is 27.5. The molecule has 0 heterocycles. The van der Waals surface area contributed by atoms with Gasteiger partial charge in [0.2, 0.25) is 17.7 Å². The summed E-state index contributed by atoms with van der Waals surface area (Å²) in [5.74, 6) is -5.41. The molecule has 0 spiro atoms. The molecule has 0 aliphatic rings. The first-order valence-electron chi connectivity index (χ1n) is 11.1. The molecule has 2 aromatic rings. The van der Waals surface area contributed by atoms with Crippen molar-refractivity contribution in [2.75, 3.05) is 6.54 Å². The number of benzene rings is 2. The van der Waals surface area contributed by atoms with Gasteiger partial charge in [-0.3, -0.25) is 19.2 Å². The molecule has 2 rings (SSSR count). The van der Waals surface area contributed by atoms with Gasteiger partial charge in [-0.25, -0.2) is 4.79 Å². The Morgan fingerprint density at radius 3 is 1.73 bits per heavy atom. The van der Waals surface area contributed by atoms with Crippen LogP contribution in [0.2, 0.25) is 0 Å². The normalized spacial score (nSPS) is 13.0. The van der Waals surface area contributed by atoms with E-state index in [0.717, 1.165) is 0 Å². The summed E-state index contributed by atoms with van der Waals surface area (Å²) in [5.41, 5.74) is 6.98. The van der Waals surface area contributed by atoms with Crippen LogP contribution in [0.4, 0.5) is 0 Å². The molecule has 0 aromatic heterocycles. The fraction of sp³-hybridized carbons (Fsp3) is 0.292. The molecule has 0 aliphatic heterocycles. The molecule has 0 radical (unpaired) electrons. The Kier molecular flexibility index (Phi) is 10.4. The lowest BCUT2D eigenvalue weighted by Crippen LogP contribution is -2.54. The van der Waals surface area contributed by atoms with Gasteiger partial charge >= 0.3 is 11.9 Å². The Morgan fingerprint density at radius 2 is 1.24 bits per heavy atom. The van der Waals surface area contributed by atoms with Crippen molar-refractivity contribution >= 4 is 29.7 Å². The van der Waals surface area contributed by atoms with Crippen LogP contribution in [0.3, 0.4) is 0 Å². The number of rotatable bonds is 13. The third-order valence-corrected chi connectivity index (χ3v) is 5.17. The highest BCUT2D eigenvalue weighted by Crippen LogP contribution is 2.12.